The molecule has 3 rings (SSSR count). The zero-order valence-electron chi connectivity index (χ0n) is 15.2. The maximum absolute atomic E-state index is 12.9. The molecule has 0 aliphatic carbocycles. The van der Waals surface area contributed by atoms with Gasteiger partial charge in [0.2, 0.25) is 15.9 Å². The second-order valence-corrected chi connectivity index (χ2v) is 8.78. The lowest BCUT2D eigenvalue weighted by molar-refractivity contribution is -0.116. The fraction of sp³-hybridized carbons (Fsp3) is 0.350. The Bertz CT molecular complexity index is 927. The Morgan fingerprint density at radius 1 is 1.19 bits per heavy atom. The van der Waals surface area contributed by atoms with Gasteiger partial charge in [-0.2, -0.15) is 0 Å². The first-order valence-corrected chi connectivity index (χ1v) is 10.6. The normalized spacial score (nSPS) is 15.7. The van der Waals surface area contributed by atoms with Crippen LogP contribution in [-0.2, 0) is 21.2 Å². The van der Waals surface area contributed by atoms with Gasteiger partial charge in [-0.15, -0.1) is 0 Å². The Morgan fingerprint density at radius 3 is 2.59 bits per heavy atom. The molecule has 1 aliphatic heterocycles. The van der Waals surface area contributed by atoms with Crippen LogP contribution in [0.25, 0.3) is 0 Å². The van der Waals surface area contributed by atoms with Crippen molar-refractivity contribution in [1.29, 1.82) is 0 Å². The molecule has 0 aromatic heterocycles. The quantitative estimate of drug-likeness (QED) is 0.819. The zero-order chi connectivity index (χ0) is 19.4. The predicted molar refractivity (Wildman–Crippen MR) is 105 cm³/mol. The Hall–Kier alpha value is -2.41. The van der Waals surface area contributed by atoms with E-state index in [9.17, 15) is 17.6 Å². The van der Waals surface area contributed by atoms with Crippen molar-refractivity contribution in [1.82, 2.24) is 0 Å². The number of sulfonamides is 1. The van der Waals surface area contributed by atoms with Gasteiger partial charge in [0.15, 0.2) is 0 Å². The number of nitrogens with one attached hydrogen (secondary N) is 1. The van der Waals surface area contributed by atoms with Crippen molar-refractivity contribution in [3.8, 4) is 0 Å². The molecule has 2 aromatic rings. The van der Waals surface area contributed by atoms with E-state index in [1.807, 2.05) is 13.0 Å². The summed E-state index contributed by atoms with van der Waals surface area (Å²) in [5.74, 6) is -0.241. The second kappa shape index (κ2) is 8.08. The van der Waals surface area contributed by atoms with Crippen LogP contribution in [0, 0.1) is 12.7 Å². The molecule has 1 saturated heterocycles. The van der Waals surface area contributed by atoms with E-state index in [0.29, 0.717) is 43.6 Å². The van der Waals surface area contributed by atoms with Gasteiger partial charge in [-0.1, -0.05) is 18.2 Å². The van der Waals surface area contributed by atoms with E-state index in [2.05, 4.69) is 5.32 Å². The van der Waals surface area contributed by atoms with E-state index in [1.165, 1.54) is 16.4 Å². The van der Waals surface area contributed by atoms with Crippen LogP contribution in [0.2, 0.25) is 0 Å². The van der Waals surface area contributed by atoms with Gasteiger partial charge in [0.05, 0.1) is 11.4 Å². The summed E-state index contributed by atoms with van der Waals surface area (Å²) in [6.07, 6.45) is 2.29. The second-order valence-electron chi connectivity index (χ2n) is 6.77. The largest absolute Gasteiger partial charge is 0.326 e. The number of rotatable bonds is 6. The van der Waals surface area contributed by atoms with E-state index in [4.69, 9.17) is 0 Å². The molecule has 1 amide bonds. The molecule has 27 heavy (non-hydrogen) atoms. The van der Waals surface area contributed by atoms with Gasteiger partial charge in [0.25, 0.3) is 0 Å². The van der Waals surface area contributed by atoms with E-state index in [1.54, 1.807) is 24.3 Å². The highest BCUT2D eigenvalue weighted by atomic mass is 32.2. The van der Waals surface area contributed by atoms with Crippen LogP contribution in [-0.4, -0.2) is 26.6 Å². The summed E-state index contributed by atoms with van der Waals surface area (Å²) < 4.78 is 38.6. The fourth-order valence-corrected chi connectivity index (χ4v) is 4.81. The van der Waals surface area contributed by atoms with Gasteiger partial charge in [-0.3, -0.25) is 9.10 Å². The van der Waals surface area contributed by atoms with E-state index < -0.39 is 10.0 Å². The van der Waals surface area contributed by atoms with Gasteiger partial charge in [0, 0.05) is 18.7 Å². The summed E-state index contributed by atoms with van der Waals surface area (Å²) >= 11 is 0. The van der Waals surface area contributed by atoms with Crippen LogP contribution in [0.5, 0.6) is 0 Å². The van der Waals surface area contributed by atoms with Crippen LogP contribution >= 0.6 is 0 Å². The van der Waals surface area contributed by atoms with Gasteiger partial charge < -0.3 is 5.32 Å². The minimum atomic E-state index is -3.26. The minimum absolute atomic E-state index is 0.129. The third-order valence-corrected chi connectivity index (χ3v) is 6.50. The smallest absolute Gasteiger partial charge is 0.235 e. The lowest BCUT2D eigenvalue weighted by Crippen LogP contribution is -2.26. The molecule has 0 unspecified atom stereocenters. The Balaban J connectivity index is 1.59. The molecule has 144 valence electrons. The number of hydrogen-bond donors (Lipinski definition) is 1. The van der Waals surface area contributed by atoms with Crippen molar-refractivity contribution in [2.45, 2.75) is 32.6 Å². The monoisotopic (exact) mass is 390 g/mol. The first-order chi connectivity index (χ1) is 12.8. The number of aryl methyl sites for hydroxylation is 2. The molecule has 1 heterocycles. The molecular formula is C20H23FN2O3S. The van der Waals surface area contributed by atoms with Gasteiger partial charge in [-0.05, 0) is 61.6 Å². The number of nitrogens with zero attached hydrogens (tertiary/aromatic N) is 1. The average molecular weight is 390 g/mol. The highest BCUT2D eigenvalue weighted by molar-refractivity contribution is 7.93. The molecule has 0 spiro atoms. The Kier molecular flexibility index (Phi) is 5.79. The summed E-state index contributed by atoms with van der Waals surface area (Å²) in [7, 11) is -3.26. The average Bonchev–Trinajstić information content (AvgIpc) is 2.97. The van der Waals surface area contributed by atoms with Crippen LogP contribution in [0.3, 0.4) is 0 Å². The van der Waals surface area contributed by atoms with Crippen LogP contribution in [0.1, 0.15) is 30.4 Å². The number of hydrogen-bond acceptors (Lipinski definition) is 3. The van der Waals surface area contributed by atoms with Crippen molar-refractivity contribution < 1.29 is 17.6 Å². The summed E-state index contributed by atoms with van der Waals surface area (Å²) in [6, 6.07) is 11.6. The molecule has 2 aromatic carbocycles. The molecule has 1 fully saturated rings. The lowest BCUT2D eigenvalue weighted by atomic mass is 10.1. The molecule has 0 radical (unpaired) electrons. The number of benzene rings is 2. The van der Waals surface area contributed by atoms with E-state index >= 15 is 0 Å². The van der Waals surface area contributed by atoms with Crippen molar-refractivity contribution in [3.63, 3.8) is 0 Å². The standard InChI is InChI=1S/C20H23FN2O3S/c1-15-6-11-18(14-19(15)23-12-3-13-27(23,25)26)22-20(24)5-2-4-16-7-9-17(21)10-8-16/h6-11,14H,2-5,12-13H2,1H3,(H,22,24). The molecule has 1 N–H and O–H groups in total. The summed E-state index contributed by atoms with van der Waals surface area (Å²) in [6.45, 7) is 2.33. The van der Waals surface area contributed by atoms with Gasteiger partial charge in [0.1, 0.15) is 5.82 Å². The Labute approximate surface area is 159 Å². The van der Waals surface area contributed by atoms with Crippen LogP contribution in [0.15, 0.2) is 42.5 Å². The maximum Gasteiger partial charge on any atom is 0.235 e. The summed E-state index contributed by atoms with van der Waals surface area (Å²) in [5, 5.41) is 2.84. The zero-order valence-corrected chi connectivity index (χ0v) is 16.1. The highest BCUT2D eigenvalue weighted by Crippen LogP contribution is 2.30. The summed E-state index contributed by atoms with van der Waals surface area (Å²) in [5.41, 5.74) is 3.05. The van der Waals surface area contributed by atoms with Crippen molar-refractivity contribution in [2.24, 2.45) is 0 Å². The van der Waals surface area contributed by atoms with E-state index in [-0.39, 0.29) is 17.5 Å². The van der Waals surface area contributed by atoms with Crippen LogP contribution in [0.4, 0.5) is 15.8 Å². The molecule has 0 atom stereocenters. The number of halogens is 1. The molecule has 5 nitrogen and oxygen atoms in total. The number of anilines is 2. The maximum atomic E-state index is 12.9. The molecule has 0 bridgehead atoms. The first kappa shape index (κ1) is 19.4. The van der Waals surface area contributed by atoms with E-state index in [0.717, 1.165) is 11.1 Å². The van der Waals surface area contributed by atoms with Crippen LogP contribution < -0.4 is 9.62 Å². The van der Waals surface area contributed by atoms with Crippen molar-refractivity contribution in [2.75, 3.05) is 21.9 Å². The number of carbonyl (C=O) groups is 1. The fourth-order valence-electron chi connectivity index (χ4n) is 3.19. The summed E-state index contributed by atoms with van der Waals surface area (Å²) in [4.78, 5) is 12.2. The van der Waals surface area contributed by atoms with Gasteiger partial charge in [-0.25, -0.2) is 12.8 Å². The molecule has 1 aliphatic rings. The molecule has 0 saturated carbocycles. The topological polar surface area (TPSA) is 66.5 Å². The highest BCUT2D eigenvalue weighted by Gasteiger charge is 2.29. The Morgan fingerprint density at radius 2 is 1.93 bits per heavy atom. The third kappa shape index (κ3) is 4.86. The SMILES string of the molecule is Cc1ccc(NC(=O)CCCc2ccc(F)cc2)cc1N1CCCS1(=O)=O. The lowest BCUT2D eigenvalue weighted by Gasteiger charge is -2.20. The van der Waals surface area contributed by atoms with Crippen molar-refractivity contribution >= 4 is 27.3 Å². The minimum Gasteiger partial charge on any atom is -0.326 e. The first-order valence-electron chi connectivity index (χ1n) is 9.00. The van der Waals surface area contributed by atoms with Crippen molar-refractivity contribution in [3.05, 3.63) is 59.4 Å². The third-order valence-electron chi connectivity index (χ3n) is 4.64. The predicted octanol–water partition coefficient (Wildman–Crippen LogP) is 3.64. The number of amides is 1. The van der Waals surface area contributed by atoms with Gasteiger partial charge >= 0.3 is 0 Å². The molecule has 7 heteroatoms. The molecular weight excluding hydrogens is 367 g/mol. The number of carbonyl (C=O) groups excluding carboxylic acids is 1.